The quantitative estimate of drug-likeness (QED) is 0.767. The standard InChI is InChI=1S/C11H8F2N2OS/c1-15-4-5-17-11(15)14-10(16)7-2-3-8(12)9(13)6-7/h2-6H,1H3. The van der Waals surface area contributed by atoms with Crippen molar-refractivity contribution in [3.63, 3.8) is 0 Å². The molecule has 0 unspecified atom stereocenters. The summed E-state index contributed by atoms with van der Waals surface area (Å²) in [5.41, 5.74) is 0.0253. The Kier molecular flexibility index (Phi) is 3.14. The molecule has 0 aliphatic carbocycles. The average molecular weight is 254 g/mol. The molecule has 0 saturated carbocycles. The highest BCUT2D eigenvalue weighted by Gasteiger charge is 2.08. The summed E-state index contributed by atoms with van der Waals surface area (Å²) in [5.74, 6) is -2.63. The van der Waals surface area contributed by atoms with Gasteiger partial charge in [-0.25, -0.2) is 8.78 Å². The number of benzene rings is 1. The van der Waals surface area contributed by atoms with Crippen LogP contribution in [0.1, 0.15) is 10.4 Å². The molecule has 6 heteroatoms. The van der Waals surface area contributed by atoms with Crippen LogP contribution in [0.25, 0.3) is 0 Å². The van der Waals surface area contributed by atoms with Gasteiger partial charge in [-0.3, -0.25) is 4.79 Å². The Labute approximate surface area is 99.7 Å². The second-order valence-corrected chi connectivity index (χ2v) is 4.22. The van der Waals surface area contributed by atoms with E-state index in [1.807, 2.05) is 0 Å². The molecule has 2 aromatic rings. The molecular weight excluding hydrogens is 246 g/mol. The molecule has 1 aromatic carbocycles. The maximum Gasteiger partial charge on any atom is 0.279 e. The summed E-state index contributed by atoms with van der Waals surface area (Å²) < 4.78 is 27.3. The van der Waals surface area contributed by atoms with Crippen molar-refractivity contribution in [2.75, 3.05) is 0 Å². The smallest absolute Gasteiger partial charge is 0.279 e. The highest BCUT2D eigenvalue weighted by atomic mass is 32.1. The van der Waals surface area contributed by atoms with Crippen LogP contribution in [0.5, 0.6) is 0 Å². The van der Waals surface area contributed by atoms with Crippen LogP contribution in [0.4, 0.5) is 8.78 Å². The van der Waals surface area contributed by atoms with E-state index in [-0.39, 0.29) is 5.56 Å². The van der Waals surface area contributed by atoms with Gasteiger partial charge in [-0.2, -0.15) is 4.99 Å². The predicted octanol–water partition coefficient (Wildman–Crippen LogP) is 2.11. The third kappa shape index (κ3) is 2.47. The first kappa shape index (κ1) is 11.7. The van der Waals surface area contributed by atoms with E-state index < -0.39 is 17.5 Å². The number of hydrogen-bond acceptors (Lipinski definition) is 2. The number of aryl methyl sites for hydroxylation is 1. The summed E-state index contributed by atoms with van der Waals surface area (Å²) in [6.07, 6.45) is 1.75. The summed E-state index contributed by atoms with van der Waals surface area (Å²) in [5, 5.41) is 1.78. The minimum Gasteiger partial charge on any atom is -0.327 e. The zero-order valence-electron chi connectivity index (χ0n) is 8.85. The van der Waals surface area contributed by atoms with Crippen molar-refractivity contribution in [2.45, 2.75) is 0 Å². The van der Waals surface area contributed by atoms with Crippen molar-refractivity contribution in [1.29, 1.82) is 0 Å². The summed E-state index contributed by atoms with van der Waals surface area (Å²) in [6, 6.07) is 2.96. The lowest BCUT2D eigenvalue weighted by Gasteiger charge is -1.96. The van der Waals surface area contributed by atoms with Crippen molar-refractivity contribution < 1.29 is 13.6 Å². The number of carbonyl (C=O) groups excluding carboxylic acids is 1. The molecule has 0 bridgehead atoms. The molecule has 0 saturated heterocycles. The summed E-state index contributed by atoms with van der Waals surface area (Å²) >= 11 is 1.29. The highest BCUT2D eigenvalue weighted by molar-refractivity contribution is 7.07. The number of carbonyl (C=O) groups is 1. The molecule has 0 atom stereocenters. The van der Waals surface area contributed by atoms with Crippen molar-refractivity contribution in [2.24, 2.45) is 12.0 Å². The Morgan fingerprint density at radius 3 is 2.71 bits per heavy atom. The van der Waals surface area contributed by atoms with Gasteiger partial charge in [0, 0.05) is 24.2 Å². The van der Waals surface area contributed by atoms with E-state index >= 15 is 0 Å². The fraction of sp³-hybridized carbons (Fsp3) is 0.0909. The first-order chi connectivity index (χ1) is 8.08. The van der Waals surface area contributed by atoms with Crippen LogP contribution in [-0.4, -0.2) is 10.5 Å². The van der Waals surface area contributed by atoms with E-state index in [0.29, 0.717) is 4.80 Å². The normalized spacial score (nSPS) is 11.8. The van der Waals surface area contributed by atoms with Crippen molar-refractivity contribution in [1.82, 2.24) is 4.57 Å². The number of halogens is 2. The van der Waals surface area contributed by atoms with E-state index in [9.17, 15) is 13.6 Å². The molecule has 3 nitrogen and oxygen atoms in total. The van der Waals surface area contributed by atoms with Gasteiger partial charge in [0.2, 0.25) is 0 Å². The van der Waals surface area contributed by atoms with Gasteiger partial charge in [0.15, 0.2) is 16.4 Å². The Bertz CT molecular complexity index is 630. The number of amides is 1. The number of aromatic nitrogens is 1. The third-order valence-electron chi connectivity index (χ3n) is 2.12. The van der Waals surface area contributed by atoms with Gasteiger partial charge in [-0.15, -0.1) is 11.3 Å². The zero-order valence-corrected chi connectivity index (χ0v) is 9.67. The minimum absolute atomic E-state index is 0.0253. The van der Waals surface area contributed by atoms with Crippen LogP contribution in [0, 0.1) is 11.6 Å². The lowest BCUT2D eigenvalue weighted by Crippen LogP contribution is -2.12. The van der Waals surface area contributed by atoms with Gasteiger partial charge in [0.05, 0.1) is 0 Å². The second kappa shape index (κ2) is 4.58. The van der Waals surface area contributed by atoms with Gasteiger partial charge in [-0.05, 0) is 18.2 Å². The monoisotopic (exact) mass is 254 g/mol. The van der Waals surface area contributed by atoms with Crippen LogP contribution >= 0.6 is 11.3 Å². The Morgan fingerprint density at radius 2 is 2.12 bits per heavy atom. The van der Waals surface area contributed by atoms with E-state index in [0.717, 1.165) is 12.1 Å². The van der Waals surface area contributed by atoms with Crippen LogP contribution in [0.2, 0.25) is 0 Å². The lowest BCUT2D eigenvalue weighted by molar-refractivity contribution is 0.0997. The molecule has 0 N–H and O–H groups in total. The van der Waals surface area contributed by atoms with Gasteiger partial charge in [0.1, 0.15) is 0 Å². The lowest BCUT2D eigenvalue weighted by atomic mass is 10.2. The number of nitrogens with zero attached hydrogens (tertiary/aromatic N) is 2. The molecule has 0 fully saturated rings. The largest absolute Gasteiger partial charge is 0.327 e. The average Bonchev–Trinajstić information content (AvgIpc) is 2.68. The van der Waals surface area contributed by atoms with E-state index in [1.165, 1.54) is 17.4 Å². The maximum atomic E-state index is 12.9. The van der Waals surface area contributed by atoms with Gasteiger partial charge >= 0.3 is 0 Å². The molecule has 1 amide bonds. The molecule has 1 aromatic heterocycles. The van der Waals surface area contributed by atoms with Crippen molar-refractivity contribution in [3.8, 4) is 0 Å². The second-order valence-electron chi connectivity index (χ2n) is 3.34. The molecule has 17 heavy (non-hydrogen) atoms. The fourth-order valence-corrected chi connectivity index (χ4v) is 1.94. The molecule has 0 radical (unpaired) electrons. The maximum absolute atomic E-state index is 12.9. The SMILES string of the molecule is Cn1ccsc1=NC(=O)c1ccc(F)c(F)c1. The molecule has 0 spiro atoms. The topological polar surface area (TPSA) is 34.4 Å². The van der Waals surface area contributed by atoms with Crippen LogP contribution < -0.4 is 4.80 Å². The van der Waals surface area contributed by atoms with E-state index in [1.54, 1.807) is 23.2 Å². The van der Waals surface area contributed by atoms with Gasteiger partial charge < -0.3 is 4.57 Å². The van der Waals surface area contributed by atoms with Gasteiger partial charge in [-0.1, -0.05) is 0 Å². The summed E-state index contributed by atoms with van der Waals surface area (Å²) in [7, 11) is 1.74. The Hall–Kier alpha value is -1.82. The third-order valence-corrected chi connectivity index (χ3v) is 2.97. The summed E-state index contributed by atoms with van der Waals surface area (Å²) in [6.45, 7) is 0. The molecule has 0 aliphatic rings. The fourth-order valence-electron chi connectivity index (χ4n) is 1.22. The minimum atomic E-state index is -1.05. The Morgan fingerprint density at radius 1 is 1.35 bits per heavy atom. The number of rotatable bonds is 1. The molecule has 2 rings (SSSR count). The molecule has 88 valence electrons. The number of thiazole rings is 1. The molecule has 1 heterocycles. The van der Waals surface area contributed by atoms with E-state index in [4.69, 9.17) is 0 Å². The van der Waals surface area contributed by atoms with Crippen molar-refractivity contribution >= 4 is 17.2 Å². The van der Waals surface area contributed by atoms with Crippen molar-refractivity contribution in [3.05, 3.63) is 51.8 Å². The predicted molar refractivity (Wildman–Crippen MR) is 59.5 cm³/mol. The van der Waals surface area contributed by atoms with E-state index in [2.05, 4.69) is 4.99 Å². The van der Waals surface area contributed by atoms with Crippen LogP contribution in [-0.2, 0) is 7.05 Å². The highest BCUT2D eigenvalue weighted by Crippen LogP contribution is 2.09. The number of hydrogen-bond donors (Lipinski definition) is 0. The van der Waals surface area contributed by atoms with Gasteiger partial charge in [0.25, 0.3) is 5.91 Å². The summed E-state index contributed by atoms with van der Waals surface area (Å²) in [4.78, 5) is 16.0. The van der Waals surface area contributed by atoms with Crippen LogP contribution in [0.15, 0.2) is 34.8 Å². The molecular formula is C11H8F2N2OS. The Balaban J connectivity index is 2.39. The molecule has 0 aliphatic heterocycles. The van der Waals surface area contributed by atoms with Crippen LogP contribution in [0.3, 0.4) is 0 Å². The zero-order chi connectivity index (χ0) is 12.4. The first-order valence-electron chi connectivity index (χ1n) is 4.72. The first-order valence-corrected chi connectivity index (χ1v) is 5.60.